The highest BCUT2D eigenvalue weighted by Crippen LogP contribution is 2.28. The number of amides is 1. The molecule has 1 atom stereocenters. The second-order valence-electron chi connectivity index (χ2n) is 4.62. The summed E-state index contributed by atoms with van der Waals surface area (Å²) in [6.45, 7) is 0.837. The van der Waals surface area contributed by atoms with E-state index >= 15 is 0 Å². The standard InChI is InChI=1S/C13H19N3O2/c1-18-9-12(14)13(17)16(11-4-5-11)8-10-3-2-6-15-7-10/h2-3,6-7,11-12H,4-5,8-9,14H2,1H3. The third kappa shape index (κ3) is 3.27. The summed E-state index contributed by atoms with van der Waals surface area (Å²) in [5, 5.41) is 0. The molecule has 98 valence electrons. The van der Waals surface area contributed by atoms with Gasteiger partial charge in [-0.15, -0.1) is 0 Å². The van der Waals surface area contributed by atoms with Crippen LogP contribution in [0, 0.1) is 0 Å². The molecule has 1 aromatic heterocycles. The van der Waals surface area contributed by atoms with Gasteiger partial charge in [-0.3, -0.25) is 9.78 Å². The average Bonchev–Trinajstić information content (AvgIpc) is 3.21. The lowest BCUT2D eigenvalue weighted by atomic mass is 10.2. The number of nitrogens with zero attached hydrogens (tertiary/aromatic N) is 2. The van der Waals surface area contributed by atoms with E-state index < -0.39 is 6.04 Å². The molecule has 0 aromatic carbocycles. The van der Waals surface area contributed by atoms with Crippen LogP contribution in [0.4, 0.5) is 0 Å². The van der Waals surface area contributed by atoms with Gasteiger partial charge < -0.3 is 15.4 Å². The Labute approximate surface area is 107 Å². The van der Waals surface area contributed by atoms with Gasteiger partial charge in [0, 0.05) is 32.1 Å². The fourth-order valence-electron chi connectivity index (χ4n) is 1.93. The van der Waals surface area contributed by atoms with Crippen LogP contribution >= 0.6 is 0 Å². The molecular formula is C13H19N3O2. The van der Waals surface area contributed by atoms with Crippen molar-refractivity contribution in [1.82, 2.24) is 9.88 Å². The van der Waals surface area contributed by atoms with Crippen molar-refractivity contribution >= 4 is 5.91 Å². The number of pyridine rings is 1. The van der Waals surface area contributed by atoms with Crippen molar-refractivity contribution in [2.45, 2.75) is 31.5 Å². The molecule has 1 heterocycles. The van der Waals surface area contributed by atoms with Crippen molar-refractivity contribution in [3.8, 4) is 0 Å². The van der Waals surface area contributed by atoms with Crippen molar-refractivity contribution < 1.29 is 9.53 Å². The Morgan fingerprint density at radius 2 is 2.44 bits per heavy atom. The second kappa shape index (κ2) is 5.93. The monoisotopic (exact) mass is 249 g/mol. The van der Waals surface area contributed by atoms with Crippen LogP contribution < -0.4 is 5.73 Å². The normalized spacial score (nSPS) is 16.3. The molecular weight excluding hydrogens is 230 g/mol. The van der Waals surface area contributed by atoms with Gasteiger partial charge in [-0.1, -0.05) is 6.07 Å². The summed E-state index contributed by atoms with van der Waals surface area (Å²) in [5.41, 5.74) is 6.85. The van der Waals surface area contributed by atoms with Crippen molar-refractivity contribution in [1.29, 1.82) is 0 Å². The zero-order chi connectivity index (χ0) is 13.0. The molecule has 1 aromatic rings. The van der Waals surface area contributed by atoms with Crippen LogP contribution in [0.25, 0.3) is 0 Å². The number of carbonyl (C=O) groups excluding carboxylic acids is 1. The summed E-state index contributed by atoms with van der Waals surface area (Å²) >= 11 is 0. The molecule has 0 spiro atoms. The maximum atomic E-state index is 12.2. The van der Waals surface area contributed by atoms with Crippen molar-refractivity contribution in [3.05, 3.63) is 30.1 Å². The molecule has 0 aliphatic heterocycles. The van der Waals surface area contributed by atoms with Gasteiger partial charge in [-0.2, -0.15) is 0 Å². The quantitative estimate of drug-likeness (QED) is 0.799. The molecule has 1 saturated carbocycles. The Morgan fingerprint density at radius 3 is 3.00 bits per heavy atom. The lowest BCUT2D eigenvalue weighted by molar-refractivity contribution is -0.135. The van der Waals surface area contributed by atoms with Gasteiger partial charge >= 0.3 is 0 Å². The van der Waals surface area contributed by atoms with Gasteiger partial charge in [-0.05, 0) is 24.5 Å². The predicted octanol–water partition coefficient (Wildman–Crippen LogP) is 0.546. The molecule has 1 aliphatic carbocycles. The number of hydrogen-bond acceptors (Lipinski definition) is 4. The first kappa shape index (κ1) is 13.0. The van der Waals surface area contributed by atoms with Crippen LogP contribution in [0.1, 0.15) is 18.4 Å². The minimum Gasteiger partial charge on any atom is -0.383 e. The Morgan fingerprint density at radius 1 is 1.67 bits per heavy atom. The highest BCUT2D eigenvalue weighted by molar-refractivity contribution is 5.82. The van der Waals surface area contributed by atoms with Crippen LogP contribution in [0.5, 0.6) is 0 Å². The third-order valence-corrected chi connectivity index (χ3v) is 3.01. The number of carbonyl (C=O) groups is 1. The first-order valence-electron chi connectivity index (χ1n) is 6.16. The molecule has 1 unspecified atom stereocenters. The maximum Gasteiger partial charge on any atom is 0.242 e. The Kier molecular flexibility index (Phi) is 4.28. The molecule has 5 heteroatoms. The van der Waals surface area contributed by atoms with Gasteiger partial charge in [-0.25, -0.2) is 0 Å². The van der Waals surface area contributed by atoms with Gasteiger partial charge in [0.2, 0.25) is 5.91 Å². The van der Waals surface area contributed by atoms with Gasteiger partial charge in [0.15, 0.2) is 0 Å². The Hall–Kier alpha value is -1.46. The topological polar surface area (TPSA) is 68.5 Å². The average molecular weight is 249 g/mol. The summed E-state index contributed by atoms with van der Waals surface area (Å²) in [4.78, 5) is 18.1. The maximum absolute atomic E-state index is 12.2. The van der Waals surface area contributed by atoms with Crippen molar-refractivity contribution in [3.63, 3.8) is 0 Å². The van der Waals surface area contributed by atoms with Crippen LogP contribution in [0.3, 0.4) is 0 Å². The van der Waals surface area contributed by atoms with Crippen molar-refractivity contribution in [2.24, 2.45) is 5.73 Å². The number of rotatable bonds is 6. The van der Waals surface area contributed by atoms with E-state index in [1.165, 1.54) is 0 Å². The highest BCUT2D eigenvalue weighted by Gasteiger charge is 2.34. The molecule has 0 bridgehead atoms. The van der Waals surface area contributed by atoms with Crippen LogP contribution in [-0.4, -0.2) is 41.6 Å². The summed E-state index contributed by atoms with van der Waals surface area (Å²) in [6.07, 6.45) is 5.63. The minimum atomic E-state index is -0.577. The predicted molar refractivity (Wildman–Crippen MR) is 67.7 cm³/mol. The first-order valence-corrected chi connectivity index (χ1v) is 6.16. The smallest absolute Gasteiger partial charge is 0.242 e. The van der Waals surface area contributed by atoms with Gasteiger partial charge in [0.05, 0.1) is 6.61 Å². The van der Waals surface area contributed by atoms with E-state index in [1.54, 1.807) is 19.5 Å². The number of nitrogens with two attached hydrogens (primary N) is 1. The van der Waals surface area contributed by atoms with Gasteiger partial charge in [0.1, 0.15) is 6.04 Å². The van der Waals surface area contributed by atoms with E-state index in [2.05, 4.69) is 4.98 Å². The summed E-state index contributed by atoms with van der Waals surface area (Å²) in [6, 6.07) is 3.60. The lowest BCUT2D eigenvalue weighted by Gasteiger charge is -2.25. The third-order valence-electron chi connectivity index (χ3n) is 3.01. The number of ether oxygens (including phenoxy) is 1. The minimum absolute atomic E-state index is 0.0387. The molecule has 1 aliphatic rings. The van der Waals surface area contributed by atoms with E-state index in [1.807, 2.05) is 17.0 Å². The molecule has 18 heavy (non-hydrogen) atoms. The number of hydrogen-bond donors (Lipinski definition) is 1. The summed E-state index contributed by atoms with van der Waals surface area (Å²) < 4.78 is 4.94. The van der Waals surface area contributed by atoms with E-state index in [4.69, 9.17) is 10.5 Å². The Balaban J connectivity index is 2.02. The van der Waals surface area contributed by atoms with Crippen LogP contribution in [-0.2, 0) is 16.1 Å². The molecule has 5 nitrogen and oxygen atoms in total. The van der Waals surface area contributed by atoms with E-state index in [0.717, 1.165) is 18.4 Å². The molecule has 1 amide bonds. The molecule has 1 fully saturated rings. The SMILES string of the molecule is COCC(N)C(=O)N(Cc1cccnc1)C1CC1. The molecule has 0 radical (unpaired) electrons. The van der Waals surface area contributed by atoms with E-state index in [0.29, 0.717) is 12.6 Å². The molecule has 2 N–H and O–H groups in total. The summed E-state index contributed by atoms with van der Waals surface area (Å²) in [5.74, 6) is -0.0387. The lowest BCUT2D eigenvalue weighted by Crippen LogP contribution is -2.46. The fourth-order valence-corrected chi connectivity index (χ4v) is 1.93. The van der Waals surface area contributed by atoms with E-state index in [-0.39, 0.29) is 12.5 Å². The second-order valence-corrected chi connectivity index (χ2v) is 4.62. The van der Waals surface area contributed by atoms with Crippen molar-refractivity contribution in [2.75, 3.05) is 13.7 Å². The first-order chi connectivity index (χ1) is 8.72. The Bertz CT molecular complexity index is 392. The fraction of sp³-hybridized carbons (Fsp3) is 0.538. The highest BCUT2D eigenvalue weighted by atomic mass is 16.5. The zero-order valence-corrected chi connectivity index (χ0v) is 10.6. The van der Waals surface area contributed by atoms with E-state index in [9.17, 15) is 4.79 Å². The number of aromatic nitrogens is 1. The largest absolute Gasteiger partial charge is 0.383 e. The van der Waals surface area contributed by atoms with Gasteiger partial charge in [0.25, 0.3) is 0 Å². The zero-order valence-electron chi connectivity index (χ0n) is 10.6. The summed E-state index contributed by atoms with van der Waals surface area (Å²) in [7, 11) is 1.55. The molecule has 0 saturated heterocycles. The van der Waals surface area contributed by atoms with Crippen LogP contribution in [0.15, 0.2) is 24.5 Å². The number of methoxy groups -OCH3 is 1. The van der Waals surface area contributed by atoms with Crippen LogP contribution in [0.2, 0.25) is 0 Å². The molecule has 2 rings (SSSR count).